The van der Waals surface area contributed by atoms with Gasteiger partial charge in [-0.05, 0) is 46.5 Å². The van der Waals surface area contributed by atoms with Crippen molar-refractivity contribution in [1.82, 2.24) is 10.1 Å². The van der Waals surface area contributed by atoms with Crippen molar-refractivity contribution in [2.45, 2.75) is 59.5 Å². The highest BCUT2D eigenvalue weighted by Crippen LogP contribution is 2.23. The van der Waals surface area contributed by atoms with Gasteiger partial charge in [0, 0.05) is 26.1 Å². The van der Waals surface area contributed by atoms with Gasteiger partial charge in [-0.3, -0.25) is 0 Å². The maximum absolute atomic E-state index is 12.2. The summed E-state index contributed by atoms with van der Waals surface area (Å²) in [5.74, 6) is 1.30. The Kier molecular flexibility index (Phi) is 5.55. The summed E-state index contributed by atoms with van der Waals surface area (Å²) in [6, 6.07) is 0. The Bertz CT molecular complexity index is 534. The van der Waals surface area contributed by atoms with E-state index < -0.39 is 5.60 Å². The van der Waals surface area contributed by atoms with Crippen molar-refractivity contribution in [1.29, 1.82) is 0 Å². The molecular formula is C17H29N3O3. The molecule has 1 aromatic heterocycles. The molecule has 1 N–H and O–H groups in total. The minimum atomic E-state index is -0.447. The number of hydrogen-bond donors (Lipinski definition) is 1. The minimum absolute atomic E-state index is 0.211. The molecule has 130 valence electrons. The molecule has 6 nitrogen and oxygen atoms in total. The maximum atomic E-state index is 12.2. The van der Waals surface area contributed by atoms with Gasteiger partial charge in [0.2, 0.25) is 0 Å². The number of carbonyl (C=O) groups is 1. The lowest BCUT2D eigenvalue weighted by atomic mass is 9.98. The quantitative estimate of drug-likeness (QED) is 0.917. The lowest BCUT2D eigenvalue weighted by Crippen LogP contribution is -2.44. The van der Waals surface area contributed by atoms with Crippen LogP contribution < -0.4 is 5.32 Å². The monoisotopic (exact) mass is 323 g/mol. The normalized spacial score (nSPS) is 18.8. The number of aromatic nitrogens is 1. The number of anilines is 1. The zero-order chi connectivity index (χ0) is 17.0. The van der Waals surface area contributed by atoms with E-state index in [9.17, 15) is 4.79 Å². The van der Waals surface area contributed by atoms with E-state index >= 15 is 0 Å². The number of nitrogens with zero attached hydrogens (tertiary/aromatic N) is 2. The maximum Gasteiger partial charge on any atom is 0.410 e. The van der Waals surface area contributed by atoms with Gasteiger partial charge >= 0.3 is 6.09 Å². The van der Waals surface area contributed by atoms with Gasteiger partial charge in [-0.25, -0.2) is 4.79 Å². The van der Waals surface area contributed by atoms with Gasteiger partial charge in [0.25, 0.3) is 0 Å². The molecule has 6 heteroatoms. The van der Waals surface area contributed by atoms with E-state index in [-0.39, 0.29) is 6.09 Å². The first-order chi connectivity index (χ1) is 10.8. The van der Waals surface area contributed by atoms with Crippen LogP contribution >= 0.6 is 0 Å². The van der Waals surface area contributed by atoms with Crippen LogP contribution in [-0.4, -0.2) is 41.4 Å². The fourth-order valence-corrected chi connectivity index (χ4v) is 2.85. The Hall–Kier alpha value is -1.72. The average Bonchev–Trinajstić information content (AvgIpc) is 2.84. The van der Waals surface area contributed by atoms with E-state index in [1.165, 1.54) is 0 Å². The average molecular weight is 323 g/mol. The second-order valence-electron chi connectivity index (χ2n) is 7.24. The van der Waals surface area contributed by atoms with Crippen molar-refractivity contribution >= 4 is 11.8 Å². The van der Waals surface area contributed by atoms with Crippen LogP contribution in [0.3, 0.4) is 0 Å². The lowest BCUT2D eigenvalue weighted by Gasteiger charge is -2.34. The molecule has 1 aliphatic rings. The van der Waals surface area contributed by atoms with E-state index in [2.05, 4.69) is 17.4 Å². The summed E-state index contributed by atoms with van der Waals surface area (Å²) in [6.45, 7) is 12.0. The van der Waals surface area contributed by atoms with Gasteiger partial charge in [0.1, 0.15) is 17.0 Å². The molecule has 0 saturated carbocycles. The van der Waals surface area contributed by atoms with E-state index in [0.29, 0.717) is 5.92 Å². The van der Waals surface area contributed by atoms with Gasteiger partial charge in [0.05, 0.1) is 0 Å². The van der Waals surface area contributed by atoms with E-state index in [1.807, 2.05) is 32.6 Å². The number of hydrogen-bond acceptors (Lipinski definition) is 5. The summed E-state index contributed by atoms with van der Waals surface area (Å²) in [6.07, 6.45) is 2.72. The van der Waals surface area contributed by atoms with Crippen molar-refractivity contribution in [3.05, 3.63) is 11.5 Å². The van der Waals surface area contributed by atoms with Crippen LogP contribution in [0.15, 0.2) is 4.52 Å². The second kappa shape index (κ2) is 7.23. The molecule has 0 aromatic carbocycles. The van der Waals surface area contributed by atoms with Crippen molar-refractivity contribution in [2.24, 2.45) is 5.92 Å². The van der Waals surface area contributed by atoms with Gasteiger partial charge < -0.3 is 19.5 Å². The Labute approximate surface area is 138 Å². The highest BCUT2D eigenvalue weighted by Gasteiger charge is 2.27. The van der Waals surface area contributed by atoms with Gasteiger partial charge in [-0.15, -0.1) is 0 Å². The van der Waals surface area contributed by atoms with E-state index in [4.69, 9.17) is 9.26 Å². The zero-order valence-electron chi connectivity index (χ0n) is 14.9. The fraction of sp³-hybridized carbons (Fsp3) is 0.765. The van der Waals surface area contributed by atoms with Crippen LogP contribution in [0.4, 0.5) is 10.5 Å². The Morgan fingerprint density at radius 1 is 1.48 bits per heavy atom. The zero-order valence-corrected chi connectivity index (χ0v) is 14.9. The predicted octanol–water partition coefficient (Wildman–Crippen LogP) is 3.60. The highest BCUT2D eigenvalue weighted by molar-refractivity contribution is 5.68. The summed E-state index contributed by atoms with van der Waals surface area (Å²) in [5.41, 5.74) is 1.45. The molecule has 1 saturated heterocycles. The summed E-state index contributed by atoms with van der Waals surface area (Å²) in [7, 11) is 0. The molecule has 1 aromatic rings. The SMILES string of the molecule is CCc1onc(C)c1NC[C@H]1CCCN(C(=O)OC(C)(C)C)C1. The van der Waals surface area contributed by atoms with Crippen LogP contribution in [0.5, 0.6) is 0 Å². The number of piperidine rings is 1. The van der Waals surface area contributed by atoms with E-state index in [1.54, 1.807) is 0 Å². The Morgan fingerprint density at radius 3 is 2.87 bits per heavy atom. The second-order valence-corrected chi connectivity index (χ2v) is 7.24. The molecule has 0 unspecified atom stereocenters. The van der Waals surface area contributed by atoms with Gasteiger partial charge in [0.15, 0.2) is 5.76 Å². The summed E-state index contributed by atoms with van der Waals surface area (Å²) < 4.78 is 10.8. The van der Waals surface area contributed by atoms with Crippen LogP contribution in [0.2, 0.25) is 0 Å². The standard InChI is InChI=1S/C17H29N3O3/c1-6-14-15(12(2)19-23-14)18-10-13-8-7-9-20(11-13)16(21)22-17(3,4)5/h13,18H,6-11H2,1-5H3/t13-/m1/s1. The third kappa shape index (κ3) is 4.88. The largest absolute Gasteiger partial charge is 0.444 e. The molecule has 1 fully saturated rings. The lowest BCUT2D eigenvalue weighted by molar-refractivity contribution is 0.0172. The third-order valence-electron chi connectivity index (χ3n) is 3.99. The molecule has 2 rings (SSSR count). The number of likely N-dealkylation sites (tertiary alicyclic amines) is 1. The number of amides is 1. The molecule has 0 bridgehead atoms. The first kappa shape index (κ1) is 17.6. The predicted molar refractivity (Wildman–Crippen MR) is 89.6 cm³/mol. The van der Waals surface area contributed by atoms with E-state index in [0.717, 1.165) is 56.0 Å². The van der Waals surface area contributed by atoms with Crippen molar-refractivity contribution in [2.75, 3.05) is 25.0 Å². The highest BCUT2D eigenvalue weighted by atomic mass is 16.6. The minimum Gasteiger partial charge on any atom is -0.444 e. The molecule has 1 aliphatic heterocycles. The molecule has 0 aliphatic carbocycles. The first-order valence-corrected chi connectivity index (χ1v) is 8.47. The summed E-state index contributed by atoms with van der Waals surface area (Å²) in [5, 5.41) is 7.47. The molecule has 0 spiro atoms. The Balaban J connectivity index is 1.89. The van der Waals surface area contributed by atoms with Gasteiger partial charge in [-0.1, -0.05) is 12.1 Å². The molecule has 23 heavy (non-hydrogen) atoms. The summed E-state index contributed by atoms with van der Waals surface area (Å²) >= 11 is 0. The number of ether oxygens (including phenoxy) is 1. The summed E-state index contributed by atoms with van der Waals surface area (Å²) in [4.78, 5) is 14.0. The number of nitrogens with one attached hydrogen (secondary N) is 1. The van der Waals surface area contributed by atoms with Crippen LogP contribution in [0.25, 0.3) is 0 Å². The fourth-order valence-electron chi connectivity index (χ4n) is 2.85. The first-order valence-electron chi connectivity index (χ1n) is 8.47. The molecular weight excluding hydrogens is 294 g/mol. The van der Waals surface area contributed by atoms with Crippen LogP contribution in [-0.2, 0) is 11.2 Å². The number of rotatable bonds is 4. The molecule has 1 atom stereocenters. The molecule has 1 amide bonds. The molecule has 2 heterocycles. The third-order valence-corrected chi connectivity index (χ3v) is 3.99. The van der Waals surface area contributed by atoms with Gasteiger partial charge in [-0.2, -0.15) is 0 Å². The van der Waals surface area contributed by atoms with Crippen molar-refractivity contribution in [3.63, 3.8) is 0 Å². The Morgan fingerprint density at radius 2 is 2.22 bits per heavy atom. The van der Waals surface area contributed by atoms with Crippen molar-refractivity contribution < 1.29 is 14.1 Å². The topological polar surface area (TPSA) is 67.6 Å². The van der Waals surface area contributed by atoms with Crippen LogP contribution in [0, 0.1) is 12.8 Å². The smallest absolute Gasteiger partial charge is 0.410 e. The van der Waals surface area contributed by atoms with Crippen molar-refractivity contribution in [3.8, 4) is 0 Å². The molecule has 0 radical (unpaired) electrons. The van der Waals surface area contributed by atoms with Crippen LogP contribution in [0.1, 0.15) is 52.0 Å². The number of carbonyl (C=O) groups excluding carboxylic acids is 1. The number of aryl methyl sites for hydroxylation is 2.